The SMILES string of the molecule is COc1c([C@@H]2C3C[C@@]3(C(F)(F)F)O[C@H]2C(=O)Nc2ccc(F)c(C(N)=O)c2)ccc(F)c1F. The number of hydrogen-bond acceptors (Lipinski definition) is 4. The summed E-state index contributed by atoms with van der Waals surface area (Å²) in [5.74, 6) is -9.05. The molecule has 0 spiro atoms. The lowest BCUT2D eigenvalue weighted by molar-refractivity contribution is -0.236. The van der Waals surface area contributed by atoms with Gasteiger partial charge in [0.15, 0.2) is 17.2 Å². The maximum absolute atomic E-state index is 14.3. The number of rotatable bonds is 5. The van der Waals surface area contributed by atoms with Gasteiger partial charge in [-0.1, -0.05) is 6.07 Å². The number of nitrogens with two attached hydrogens (primary N) is 1. The van der Waals surface area contributed by atoms with E-state index in [1.54, 1.807) is 0 Å². The molecule has 3 N–H and O–H groups in total. The van der Waals surface area contributed by atoms with Gasteiger partial charge in [0.1, 0.15) is 11.9 Å². The monoisotopic (exact) mass is 474 g/mol. The number of nitrogens with one attached hydrogen (secondary N) is 1. The highest BCUT2D eigenvalue weighted by molar-refractivity contribution is 5.98. The van der Waals surface area contributed by atoms with Crippen molar-refractivity contribution in [2.75, 3.05) is 12.4 Å². The Morgan fingerprint density at radius 3 is 2.42 bits per heavy atom. The number of primary amides is 1. The second-order valence-electron chi connectivity index (χ2n) is 7.79. The highest BCUT2D eigenvalue weighted by Crippen LogP contribution is 2.69. The zero-order valence-electron chi connectivity index (χ0n) is 16.8. The van der Waals surface area contributed by atoms with E-state index in [9.17, 15) is 35.9 Å². The first-order valence-electron chi connectivity index (χ1n) is 9.58. The van der Waals surface area contributed by atoms with Gasteiger partial charge in [-0.2, -0.15) is 17.6 Å². The molecular weight excluding hydrogens is 458 g/mol. The van der Waals surface area contributed by atoms with Crippen molar-refractivity contribution in [2.45, 2.75) is 30.2 Å². The van der Waals surface area contributed by atoms with Gasteiger partial charge in [0.2, 0.25) is 5.82 Å². The lowest BCUT2D eigenvalue weighted by atomic mass is 9.87. The molecule has 0 radical (unpaired) electrons. The summed E-state index contributed by atoms with van der Waals surface area (Å²) in [4.78, 5) is 24.3. The van der Waals surface area contributed by atoms with E-state index in [1.807, 2.05) is 0 Å². The highest BCUT2D eigenvalue weighted by atomic mass is 19.4. The number of alkyl halides is 3. The Labute approximate surface area is 182 Å². The molecule has 6 nitrogen and oxygen atoms in total. The van der Waals surface area contributed by atoms with Crippen LogP contribution in [0.4, 0.5) is 32.0 Å². The molecule has 1 saturated carbocycles. The van der Waals surface area contributed by atoms with Crippen LogP contribution in [0.3, 0.4) is 0 Å². The first-order chi connectivity index (χ1) is 15.4. The minimum atomic E-state index is -4.83. The fraction of sp³-hybridized carbons (Fsp3) is 0.333. The second-order valence-corrected chi connectivity index (χ2v) is 7.79. The van der Waals surface area contributed by atoms with Crippen molar-refractivity contribution < 1.29 is 45.4 Å². The second kappa shape index (κ2) is 7.65. The van der Waals surface area contributed by atoms with Gasteiger partial charge >= 0.3 is 6.18 Å². The minimum absolute atomic E-state index is 0.128. The van der Waals surface area contributed by atoms with E-state index in [0.717, 1.165) is 37.4 Å². The first-order valence-corrected chi connectivity index (χ1v) is 9.58. The first kappa shape index (κ1) is 22.9. The summed E-state index contributed by atoms with van der Waals surface area (Å²) < 4.78 is 92.9. The van der Waals surface area contributed by atoms with Crippen LogP contribution in [0, 0.1) is 23.4 Å². The van der Waals surface area contributed by atoms with Crippen LogP contribution in [0.2, 0.25) is 0 Å². The molecule has 1 heterocycles. The molecule has 2 amide bonds. The summed E-state index contributed by atoms with van der Waals surface area (Å²) >= 11 is 0. The number of anilines is 1. The topological polar surface area (TPSA) is 90.7 Å². The summed E-state index contributed by atoms with van der Waals surface area (Å²) in [5.41, 5.74) is 1.59. The molecule has 1 aliphatic carbocycles. The maximum atomic E-state index is 14.3. The number of hydrogen-bond donors (Lipinski definition) is 2. The van der Waals surface area contributed by atoms with Crippen molar-refractivity contribution in [3.8, 4) is 5.75 Å². The predicted molar refractivity (Wildman–Crippen MR) is 101 cm³/mol. The summed E-state index contributed by atoms with van der Waals surface area (Å²) in [6, 6.07) is 4.59. The van der Waals surface area contributed by atoms with Crippen LogP contribution in [-0.4, -0.2) is 36.8 Å². The molecule has 4 atom stereocenters. The van der Waals surface area contributed by atoms with Crippen LogP contribution >= 0.6 is 0 Å². The van der Waals surface area contributed by atoms with Crippen LogP contribution in [0.5, 0.6) is 5.75 Å². The van der Waals surface area contributed by atoms with Crippen molar-refractivity contribution in [3.63, 3.8) is 0 Å². The van der Waals surface area contributed by atoms with E-state index < -0.39 is 76.7 Å². The summed E-state index contributed by atoms with van der Waals surface area (Å²) in [5, 5.41) is 2.26. The smallest absolute Gasteiger partial charge is 0.417 e. The van der Waals surface area contributed by atoms with Crippen LogP contribution in [0.15, 0.2) is 30.3 Å². The number of amides is 2. The van der Waals surface area contributed by atoms with Crippen LogP contribution in [0.25, 0.3) is 0 Å². The molecule has 176 valence electrons. The van der Waals surface area contributed by atoms with E-state index in [4.69, 9.17) is 15.2 Å². The van der Waals surface area contributed by atoms with Gasteiger partial charge in [0.05, 0.1) is 12.7 Å². The number of carbonyl (C=O) groups is 2. The van der Waals surface area contributed by atoms with Gasteiger partial charge in [0, 0.05) is 23.1 Å². The van der Waals surface area contributed by atoms with Gasteiger partial charge in [-0.15, -0.1) is 0 Å². The Kier molecular flexibility index (Phi) is 5.31. The molecule has 4 rings (SSSR count). The average molecular weight is 474 g/mol. The molecule has 1 unspecified atom stereocenters. The Hall–Kier alpha value is -3.28. The third kappa shape index (κ3) is 3.58. The lowest BCUT2D eigenvalue weighted by Gasteiger charge is -2.25. The van der Waals surface area contributed by atoms with E-state index in [2.05, 4.69) is 5.32 Å². The standard InChI is InChI=1S/C21H16F6N2O4/c1-32-16-9(3-5-13(23)15(16)24)14-11-7-20(11,21(25,26)27)33-17(14)19(31)29-8-2-4-12(22)10(6-8)18(28)30/h2-6,11,14,17H,7H2,1H3,(H2,28,30)(H,29,31)/t11?,14-,17-,20-/m1/s1. The van der Waals surface area contributed by atoms with Crippen molar-refractivity contribution in [1.82, 2.24) is 0 Å². The fourth-order valence-electron chi connectivity index (χ4n) is 4.34. The molecule has 2 fully saturated rings. The molecule has 33 heavy (non-hydrogen) atoms. The van der Waals surface area contributed by atoms with Crippen LogP contribution in [0.1, 0.15) is 28.3 Å². The normalized spacial score (nSPS) is 26.0. The average Bonchev–Trinajstić information content (AvgIpc) is 3.38. The number of carbonyl (C=O) groups excluding carboxylic acids is 2. The predicted octanol–water partition coefficient (Wildman–Crippen LogP) is 3.65. The molecule has 2 aromatic carbocycles. The van der Waals surface area contributed by atoms with Gasteiger partial charge in [-0.3, -0.25) is 9.59 Å². The molecule has 1 saturated heterocycles. The van der Waals surface area contributed by atoms with Gasteiger partial charge in [0.25, 0.3) is 11.8 Å². The van der Waals surface area contributed by atoms with Crippen molar-refractivity contribution in [1.29, 1.82) is 0 Å². The summed E-state index contributed by atoms with van der Waals surface area (Å²) in [6.07, 6.45) is -7.08. The van der Waals surface area contributed by atoms with Gasteiger partial charge in [-0.05, 0) is 30.7 Å². The molecule has 1 aliphatic heterocycles. The van der Waals surface area contributed by atoms with Crippen molar-refractivity contribution >= 4 is 17.5 Å². The Morgan fingerprint density at radius 1 is 1.15 bits per heavy atom. The van der Waals surface area contributed by atoms with Crippen molar-refractivity contribution in [3.05, 3.63) is 58.9 Å². The number of fused-ring (bicyclic) bond motifs is 1. The molecule has 2 aliphatic rings. The number of methoxy groups -OCH3 is 1. The summed E-state index contributed by atoms with van der Waals surface area (Å²) in [7, 11) is 1.01. The van der Waals surface area contributed by atoms with E-state index in [-0.39, 0.29) is 11.3 Å². The lowest BCUT2D eigenvalue weighted by Crippen LogP contribution is -2.39. The third-order valence-electron chi connectivity index (χ3n) is 5.94. The Morgan fingerprint density at radius 2 is 1.82 bits per heavy atom. The maximum Gasteiger partial charge on any atom is 0.417 e. The van der Waals surface area contributed by atoms with Crippen LogP contribution in [-0.2, 0) is 9.53 Å². The van der Waals surface area contributed by atoms with Gasteiger partial charge < -0.3 is 20.5 Å². The molecule has 0 aromatic heterocycles. The summed E-state index contributed by atoms with van der Waals surface area (Å²) in [6.45, 7) is 0. The van der Waals surface area contributed by atoms with Crippen molar-refractivity contribution in [2.24, 2.45) is 11.7 Å². The van der Waals surface area contributed by atoms with Crippen LogP contribution < -0.4 is 15.8 Å². The zero-order valence-corrected chi connectivity index (χ0v) is 16.8. The van der Waals surface area contributed by atoms with Gasteiger partial charge in [-0.25, -0.2) is 8.78 Å². The fourth-order valence-corrected chi connectivity index (χ4v) is 4.34. The largest absolute Gasteiger partial charge is 0.493 e. The number of benzene rings is 2. The molecule has 12 heteroatoms. The van der Waals surface area contributed by atoms with E-state index in [1.165, 1.54) is 0 Å². The Balaban J connectivity index is 1.72. The highest BCUT2D eigenvalue weighted by Gasteiger charge is 2.80. The Bertz CT molecular complexity index is 1150. The number of ether oxygens (including phenoxy) is 2. The molecule has 2 aromatic rings. The zero-order chi connectivity index (χ0) is 24.3. The van der Waals surface area contributed by atoms with E-state index >= 15 is 0 Å². The number of halogens is 6. The van der Waals surface area contributed by atoms with E-state index in [0.29, 0.717) is 0 Å². The molecular formula is C21H16F6N2O4. The quantitative estimate of drug-likeness (QED) is 0.648. The third-order valence-corrected chi connectivity index (χ3v) is 5.94. The molecule has 0 bridgehead atoms. The minimum Gasteiger partial charge on any atom is -0.493 e.